The number of rotatable bonds is 8. The second kappa shape index (κ2) is 9.51. The van der Waals surface area contributed by atoms with Crippen LogP contribution in [0.25, 0.3) is 16.6 Å². The molecule has 0 bridgehead atoms. The third kappa shape index (κ3) is 4.34. The Morgan fingerprint density at radius 3 is 2.72 bits per heavy atom. The van der Waals surface area contributed by atoms with E-state index >= 15 is 0 Å². The molecule has 2 heterocycles. The second-order valence-electron chi connectivity index (χ2n) is 7.94. The number of fused-ring (bicyclic) bond motifs is 1. The first-order valence-electron chi connectivity index (χ1n) is 10.7. The average molecular weight is 470 g/mol. The molecule has 3 aromatic rings. The van der Waals surface area contributed by atoms with Gasteiger partial charge in [0.2, 0.25) is 0 Å². The van der Waals surface area contributed by atoms with Gasteiger partial charge >= 0.3 is 0 Å². The lowest BCUT2D eigenvalue weighted by atomic mass is 10.1. The molecule has 0 spiro atoms. The molecular formula is C25H28ClN3O2S. The summed E-state index contributed by atoms with van der Waals surface area (Å²) in [6, 6.07) is 14.4. The molecule has 1 aliphatic rings. The molecule has 0 amide bonds. The number of hydrogen-bond acceptors (Lipinski definition) is 5. The molecule has 0 saturated heterocycles. The summed E-state index contributed by atoms with van der Waals surface area (Å²) in [7, 11) is 1.65. The predicted molar refractivity (Wildman–Crippen MR) is 135 cm³/mol. The number of methoxy groups -OCH3 is 1. The molecular weight excluding hydrogens is 442 g/mol. The summed E-state index contributed by atoms with van der Waals surface area (Å²) >= 11 is 8.49. The molecule has 0 N–H and O–H groups in total. The molecule has 0 fully saturated rings. The summed E-state index contributed by atoms with van der Waals surface area (Å²) in [5, 5.41) is 6.47. The smallest absolute Gasteiger partial charge is 0.149 e. The number of allylic oxidation sites excluding steroid dienone is 1. The van der Waals surface area contributed by atoms with E-state index in [1.807, 2.05) is 40.7 Å². The Morgan fingerprint density at radius 2 is 2.03 bits per heavy atom. The van der Waals surface area contributed by atoms with Crippen LogP contribution in [-0.4, -0.2) is 34.9 Å². The summed E-state index contributed by atoms with van der Waals surface area (Å²) in [5.41, 5.74) is 4.33. The highest BCUT2D eigenvalue weighted by molar-refractivity contribution is 8.03. The van der Waals surface area contributed by atoms with Crippen LogP contribution < -0.4 is 9.75 Å². The van der Waals surface area contributed by atoms with Gasteiger partial charge in [0.25, 0.3) is 0 Å². The summed E-state index contributed by atoms with van der Waals surface area (Å²) in [6.45, 7) is 7.23. The zero-order chi connectivity index (χ0) is 22.8. The number of thioether (sulfide) groups is 1. The van der Waals surface area contributed by atoms with E-state index in [-0.39, 0.29) is 5.78 Å². The molecule has 5 nitrogen and oxygen atoms in total. The lowest BCUT2D eigenvalue weighted by Crippen LogP contribution is -2.40. The average Bonchev–Trinajstić information content (AvgIpc) is 3.34. The van der Waals surface area contributed by atoms with Crippen molar-refractivity contribution in [2.75, 3.05) is 24.5 Å². The van der Waals surface area contributed by atoms with Crippen LogP contribution in [0.15, 0.2) is 53.6 Å². The van der Waals surface area contributed by atoms with Gasteiger partial charge in [-0.2, -0.15) is 0 Å². The number of benzene rings is 2. The number of ether oxygens (including phenoxy) is 1. The Balaban J connectivity index is 1.72. The maximum Gasteiger partial charge on any atom is 0.149 e. The van der Waals surface area contributed by atoms with Crippen molar-refractivity contribution >= 4 is 51.4 Å². The zero-order valence-corrected chi connectivity index (χ0v) is 20.5. The Bertz CT molecular complexity index is 1190. The molecule has 0 unspecified atom stereocenters. The number of hydrazine groups is 1. The van der Waals surface area contributed by atoms with Gasteiger partial charge in [0.15, 0.2) is 0 Å². The van der Waals surface area contributed by atoms with E-state index in [2.05, 4.69) is 48.1 Å². The molecule has 7 heteroatoms. The van der Waals surface area contributed by atoms with Crippen molar-refractivity contribution in [2.45, 2.75) is 33.7 Å². The van der Waals surface area contributed by atoms with Gasteiger partial charge in [0.1, 0.15) is 11.5 Å². The van der Waals surface area contributed by atoms with E-state index in [0.29, 0.717) is 11.6 Å². The van der Waals surface area contributed by atoms with Crippen molar-refractivity contribution in [3.8, 4) is 5.75 Å². The number of aromatic nitrogens is 1. The van der Waals surface area contributed by atoms with Crippen molar-refractivity contribution in [3.05, 3.63) is 64.2 Å². The van der Waals surface area contributed by atoms with Gasteiger partial charge < -0.3 is 9.30 Å². The van der Waals surface area contributed by atoms with Crippen molar-refractivity contribution in [2.24, 2.45) is 0 Å². The molecule has 0 radical (unpaired) electrons. The van der Waals surface area contributed by atoms with Gasteiger partial charge in [-0.25, -0.2) is 0 Å². The van der Waals surface area contributed by atoms with Crippen molar-refractivity contribution in [1.82, 2.24) is 9.58 Å². The van der Waals surface area contributed by atoms with Crippen LogP contribution >= 0.6 is 23.4 Å². The van der Waals surface area contributed by atoms with Gasteiger partial charge in [-0.3, -0.25) is 14.8 Å². The van der Waals surface area contributed by atoms with E-state index in [1.165, 1.54) is 4.91 Å². The number of halogens is 1. The summed E-state index contributed by atoms with van der Waals surface area (Å²) in [5.74, 6) is 1.72. The third-order valence-corrected chi connectivity index (χ3v) is 6.91. The number of hydrogen-bond donors (Lipinski definition) is 0. The minimum atomic E-state index is 0.148. The minimum absolute atomic E-state index is 0.148. The van der Waals surface area contributed by atoms with E-state index in [1.54, 1.807) is 14.0 Å². The van der Waals surface area contributed by atoms with Crippen LogP contribution in [0.2, 0.25) is 5.02 Å². The van der Waals surface area contributed by atoms with Crippen molar-refractivity contribution in [3.63, 3.8) is 0 Å². The molecule has 168 valence electrons. The fraction of sp³-hybridized carbons (Fsp3) is 0.320. The summed E-state index contributed by atoms with van der Waals surface area (Å²) in [4.78, 5) is 12.8. The number of anilines is 1. The Kier molecular flexibility index (Phi) is 6.72. The van der Waals surface area contributed by atoms with Crippen LogP contribution in [0.1, 0.15) is 32.8 Å². The Hall–Kier alpha value is -2.57. The Morgan fingerprint density at radius 1 is 1.22 bits per heavy atom. The van der Waals surface area contributed by atoms with Gasteiger partial charge in [0, 0.05) is 34.1 Å². The quantitative estimate of drug-likeness (QED) is 0.380. The van der Waals surface area contributed by atoms with Gasteiger partial charge in [0.05, 0.1) is 35.9 Å². The number of Topliss-reactive ketones (excluding diaryl/α,β-unsaturated/α-hetero) is 1. The Labute approximate surface area is 198 Å². The molecule has 4 rings (SSSR count). The monoisotopic (exact) mass is 469 g/mol. The van der Waals surface area contributed by atoms with E-state index in [4.69, 9.17) is 16.3 Å². The van der Waals surface area contributed by atoms with Gasteiger partial charge in [-0.15, -0.1) is 11.8 Å². The first-order valence-corrected chi connectivity index (χ1v) is 12.1. The number of nitrogens with zero attached hydrogens (tertiary/aromatic N) is 3. The largest absolute Gasteiger partial charge is 0.497 e. The van der Waals surface area contributed by atoms with Crippen LogP contribution in [0.3, 0.4) is 0 Å². The molecule has 1 aliphatic heterocycles. The summed E-state index contributed by atoms with van der Waals surface area (Å²) < 4.78 is 7.34. The SMILES string of the molecule is CCCN(c1ccc2c(ccn2CC(C)=O)c1)N1CSC(C)=C1c1ccc(OC)cc1Cl. The molecule has 2 aromatic carbocycles. The fourth-order valence-electron chi connectivity index (χ4n) is 4.13. The highest BCUT2D eigenvalue weighted by Crippen LogP contribution is 2.43. The van der Waals surface area contributed by atoms with Crippen LogP contribution in [0, 0.1) is 0 Å². The minimum Gasteiger partial charge on any atom is -0.497 e. The number of carbonyl (C=O) groups is 1. The lowest BCUT2D eigenvalue weighted by molar-refractivity contribution is -0.117. The summed E-state index contributed by atoms with van der Waals surface area (Å²) in [6.07, 6.45) is 2.99. The van der Waals surface area contributed by atoms with E-state index < -0.39 is 0 Å². The van der Waals surface area contributed by atoms with Gasteiger partial charge in [-0.05, 0) is 62.7 Å². The first kappa shape index (κ1) is 22.6. The van der Waals surface area contributed by atoms with Crippen LogP contribution in [0.4, 0.5) is 5.69 Å². The fourth-order valence-corrected chi connectivity index (χ4v) is 5.33. The normalized spacial score (nSPS) is 13.8. The maximum absolute atomic E-state index is 11.6. The topological polar surface area (TPSA) is 37.7 Å². The van der Waals surface area contributed by atoms with Crippen molar-refractivity contribution < 1.29 is 9.53 Å². The van der Waals surface area contributed by atoms with Gasteiger partial charge in [-0.1, -0.05) is 18.5 Å². The number of ketones is 1. The van der Waals surface area contributed by atoms with E-state index in [9.17, 15) is 4.79 Å². The highest BCUT2D eigenvalue weighted by atomic mass is 35.5. The molecule has 0 saturated carbocycles. The first-order chi connectivity index (χ1) is 15.4. The standard InChI is InChI=1S/C25H28ClN3O2S/c1-5-11-28(20-6-9-24-19(13-20)10-12-27(24)15-17(2)30)29-16-32-18(3)25(29)22-8-7-21(31-4)14-23(22)26/h6-10,12-14H,5,11,15-16H2,1-4H3. The molecule has 0 aliphatic carbocycles. The lowest BCUT2D eigenvalue weighted by Gasteiger charge is -2.37. The predicted octanol–water partition coefficient (Wildman–Crippen LogP) is 6.42. The van der Waals surface area contributed by atoms with Crippen molar-refractivity contribution in [1.29, 1.82) is 0 Å². The van der Waals surface area contributed by atoms with Crippen LogP contribution in [-0.2, 0) is 11.3 Å². The van der Waals surface area contributed by atoms with E-state index in [0.717, 1.165) is 52.4 Å². The second-order valence-corrected chi connectivity index (χ2v) is 9.50. The van der Waals surface area contributed by atoms with Crippen LogP contribution in [0.5, 0.6) is 5.75 Å². The molecule has 0 atom stereocenters. The maximum atomic E-state index is 11.6. The molecule has 32 heavy (non-hydrogen) atoms. The zero-order valence-electron chi connectivity index (χ0n) is 18.9. The third-order valence-electron chi connectivity index (χ3n) is 5.60. The molecule has 1 aromatic heterocycles. The number of carbonyl (C=O) groups excluding carboxylic acids is 1. The highest BCUT2D eigenvalue weighted by Gasteiger charge is 2.29.